The minimum atomic E-state index is 0.153. The highest BCUT2D eigenvalue weighted by molar-refractivity contribution is 7.99. The van der Waals surface area contributed by atoms with E-state index < -0.39 is 0 Å². The Morgan fingerprint density at radius 1 is 1.28 bits per heavy atom. The number of hydrogen-bond donors (Lipinski definition) is 0. The van der Waals surface area contributed by atoms with Gasteiger partial charge in [0.25, 0.3) is 0 Å². The number of rotatable bonds is 2. The van der Waals surface area contributed by atoms with Gasteiger partial charge in [0.05, 0.1) is 12.0 Å². The summed E-state index contributed by atoms with van der Waals surface area (Å²) < 4.78 is 1.99. The monoisotopic (exact) mass is 258 g/mol. The highest BCUT2D eigenvalue weighted by atomic mass is 32.2. The van der Waals surface area contributed by atoms with Gasteiger partial charge < -0.3 is 0 Å². The van der Waals surface area contributed by atoms with Gasteiger partial charge in [0.2, 0.25) is 0 Å². The Hall–Kier alpha value is -1.54. The summed E-state index contributed by atoms with van der Waals surface area (Å²) in [5.41, 5.74) is 0.865. The van der Waals surface area contributed by atoms with Crippen LogP contribution in [0.2, 0.25) is 0 Å². The SMILES string of the molecule is N#CC1CCCCC1Sc1nnc2ccccn12. The maximum atomic E-state index is 9.20. The Kier molecular flexibility index (Phi) is 3.20. The van der Waals surface area contributed by atoms with Crippen LogP contribution >= 0.6 is 11.8 Å². The molecule has 18 heavy (non-hydrogen) atoms. The van der Waals surface area contributed by atoms with Crippen LogP contribution in [0.3, 0.4) is 0 Å². The molecule has 5 heteroatoms. The Morgan fingerprint density at radius 2 is 2.17 bits per heavy atom. The molecule has 1 fully saturated rings. The van der Waals surface area contributed by atoms with E-state index in [1.54, 1.807) is 11.8 Å². The van der Waals surface area contributed by atoms with Crippen LogP contribution in [0.1, 0.15) is 25.7 Å². The fourth-order valence-electron chi connectivity index (χ4n) is 2.42. The second-order valence-corrected chi connectivity index (χ2v) is 5.79. The molecular formula is C13H14N4S. The average Bonchev–Trinajstić information content (AvgIpc) is 2.83. The predicted octanol–water partition coefficient (Wildman–Crippen LogP) is 2.90. The third-order valence-electron chi connectivity index (χ3n) is 3.41. The highest BCUT2D eigenvalue weighted by Gasteiger charge is 2.27. The lowest BCUT2D eigenvalue weighted by atomic mass is 9.90. The van der Waals surface area contributed by atoms with Gasteiger partial charge >= 0.3 is 0 Å². The number of fused-ring (bicyclic) bond motifs is 1. The summed E-state index contributed by atoms with van der Waals surface area (Å²) in [6, 6.07) is 8.31. The van der Waals surface area contributed by atoms with Crippen LogP contribution in [0.25, 0.3) is 5.65 Å². The number of thioether (sulfide) groups is 1. The zero-order valence-electron chi connectivity index (χ0n) is 9.99. The van der Waals surface area contributed by atoms with Crippen LogP contribution in [-0.4, -0.2) is 19.8 Å². The molecule has 0 radical (unpaired) electrons. The van der Waals surface area contributed by atoms with Gasteiger partial charge in [-0.15, -0.1) is 10.2 Å². The summed E-state index contributed by atoms with van der Waals surface area (Å²) in [5, 5.41) is 18.8. The summed E-state index contributed by atoms with van der Waals surface area (Å²) in [6.07, 6.45) is 6.49. The van der Waals surface area contributed by atoms with Gasteiger partial charge in [-0.25, -0.2) is 0 Å². The van der Waals surface area contributed by atoms with Gasteiger partial charge in [0.15, 0.2) is 10.8 Å². The molecule has 0 bridgehead atoms. The number of nitrogens with zero attached hydrogens (tertiary/aromatic N) is 4. The van der Waals surface area contributed by atoms with Crippen molar-refractivity contribution in [1.82, 2.24) is 14.6 Å². The molecule has 0 amide bonds. The highest BCUT2D eigenvalue weighted by Crippen LogP contribution is 2.36. The molecule has 3 rings (SSSR count). The smallest absolute Gasteiger partial charge is 0.195 e. The molecule has 4 nitrogen and oxygen atoms in total. The molecule has 1 aliphatic rings. The molecule has 0 N–H and O–H groups in total. The molecule has 1 saturated carbocycles. The fraction of sp³-hybridized carbons (Fsp3) is 0.462. The molecule has 0 saturated heterocycles. The summed E-state index contributed by atoms with van der Waals surface area (Å²) >= 11 is 1.70. The molecule has 0 aliphatic heterocycles. The molecule has 2 heterocycles. The van der Waals surface area contributed by atoms with E-state index >= 15 is 0 Å². The second kappa shape index (κ2) is 4.99. The Labute approximate surface area is 110 Å². The quantitative estimate of drug-likeness (QED) is 0.831. The van der Waals surface area contributed by atoms with Crippen molar-refractivity contribution in [3.05, 3.63) is 24.4 Å². The molecule has 2 atom stereocenters. The zero-order chi connectivity index (χ0) is 12.4. The number of aromatic nitrogens is 3. The lowest BCUT2D eigenvalue weighted by Crippen LogP contribution is -2.20. The van der Waals surface area contributed by atoms with Gasteiger partial charge in [-0.1, -0.05) is 30.7 Å². The van der Waals surface area contributed by atoms with Crippen LogP contribution in [0.5, 0.6) is 0 Å². The standard InChI is InChI=1S/C13H14N4S/c14-9-10-5-1-2-6-11(10)18-13-16-15-12-7-3-4-8-17(12)13/h3-4,7-8,10-11H,1-2,5-6H2. The van der Waals surface area contributed by atoms with Crippen LogP contribution in [0.4, 0.5) is 0 Å². The molecule has 1 aliphatic carbocycles. The number of nitriles is 1. The lowest BCUT2D eigenvalue weighted by molar-refractivity contribution is 0.439. The normalized spacial score (nSPS) is 23.9. The van der Waals surface area contributed by atoms with Crippen LogP contribution in [-0.2, 0) is 0 Å². The van der Waals surface area contributed by atoms with Crippen molar-refractivity contribution in [2.45, 2.75) is 36.1 Å². The van der Waals surface area contributed by atoms with Gasteiger partial charge in [-0.3, -0.25) is 4.40 Å². The van der Waals surface area contributed by atoms with Crippen LogP contribution in [0, 0.1) is 17.2 Å². The van der Waals surface area contributed by atoms with Crippen molar-refractivity contribution in [3.8, 4) is 6.07 Å². The first-order chi connectivity index (χ1) is 8.88. The summed E-state index contributed by atoms with van der Waals surface area (Å²) in [7, 11) is 0. The minimum absolute atomic E-state index is 0.153. The maximum absolute atomic E-state index is 9.20. The average molecular weight is 258 g/mol. The van der Waals surface area contributed by atoms with E-state index in [-0.39, 0.29) is 5.92 Å². The van der Waals surface area contributed by atoms with Crippen molar-refractivity contribution < 1.29 is 0 Å². The molecule has 92 valence electrons. The van der Waals surface area contributed by atoms with E-state index in [0.717, 1.165) is 23.6 Å². The van der Waals surface area contributed by atoms with Gasteiger partial charge in [-0.2, -0.15) is 5.26 Å². The Morgan fingerprint density at radius 3 is 3.06 bits per heavy atom. The first kappa shape index (κ1) is 11.5. The Balaban J connectivity index is 1.85. The molecule has 2 aromatic heterocycles. The fourth-order valence-corrected chi connectivity index (χ4v) is 3.69. The van der Waals surface area contributed by atoms with E-state index in [4.69, 9.17) is 0 Å². The number of hydrogen-bond acceptors (Lipinski definition) is 4. The minimum Gasteiger partial charge on any atom is -0.277 e. The summed E-state index contributed by atoms with van der Waals surface area (Å²) in [5.74, 6) is 0.153. The van der Waals surface area contributed by atoms with Crippen LogP contribution < -0.4 is 0 Å². The van der Waals surface area contributed by atoms with E-state index in [1.165, 1.54) is 12.8 Å². The van der Waals surface area contributed by atoms with E-state index in [0.29, 0.717) is 5.25 Å². The molecule has 2 unspecified atom stereocenters. The van der Waals surface area contributed by atoms with Crippen molar-refractivity contribution in [3.63, 3.8) is 0 Å². The summed E-state index contributed by atoms with van der Waals surface area (Å²) in [6.45, 7) is 0. The third kappa shape index (κ3) is 2.08. The molecular weight excluding hydrogens is 244 g/mol. The third-order valence-corrected chi connectivity index (χ3v) is 4.76. The van der Waals surface area contributed by atoms with Crippen molar-refractivity contribution in [2.75, 3.05) is 0 Å². The largest absolute Gasteiger partial charge is 0.277 e. The predicted molar refractivity (Wildman–Crippen MR) is 70.2 cm³/mol. The lowest BCUT2D eigenvalue weighted by Gasteiger charge is -2.25. The first-order valence-electron chi connectivity index (χ1n) is 6.24. The second-order valence-electron chi connectivity index (χ2n) is 4.59. The Bertz CT molecular complexity index is 586. The van der Waals surface area contributed by atoms with Crippen LogP contribution in [0.15, 0.2) is 29.6 Å². The van der Waals surface area contributed by atoms with Gasteiger partial charge in [-0.05, 0) is 25.0 Å². The molecule has 0 aromatic carbocycles. The van der Waals surface area contributed by atoms with Gasteiger partial charge in [0, 0.05) is 11.4 Å². The first-order valence-corrected chi connectivity index (χ1v) is 7.12. The zero-order valence-corrected chi connectivity index (χ0v) is 10.8. The van der Waals surface area contributed by atoms with Crippen molar-refractivity contribution in [1.29, 1.82) is 5.26 Å². The maximum Gasteiger partial charge on any atom is 0.195 e. The topological polar surface area (TPSA) is 54.0 Å². The molecule has 2 aromatic rings. The van der Waals surface area contributed by atoms with E-state index in [2.05, 4.69) is 16.3 Å². The van der Waals surface area contributed by atoms with E-state index in [9.17, 15) is 5.26 Å². The summed E-state index contributed by atoms with van der Waals surface area (Å²) in [4.78, 5) is 0. The van der Waals surface area contributed by atoms with E-state index in [1.807, 2.05) is 28.8 Å². The van der Waals surface area contributed by atoms with Gasteiger partial charge in [0.1, 0.15) is 0 Å². The van der Waals surface area contributed by atoms with Crippen molar-refractivity contribution >= 4 is 17.4 Å². The van der Waals surface area contributed by atoms with Crippen molar-refractivity contribution in [2.24, 2.45) is 5.92 Å². The number of pyridine rings is 1. The molecule has 0 spiro atoms.